The summed E-state index contributed by atoms with van der Waals surface area (Å²) in [6.07, 6.45) is 0. The molecule has 0 amide bonds. The first kappa shape index (κ1) is 32.5. The van der Waals surface area contributed by atoms with E-state index in [0.717, 1.165) is 30.3 Å². The summed E-state index contributed by atoms with van der Waals surface area (Å²) >= 11 is 0. The van der Waals surface area contributed by atoms with Crippen LogP contribution in [0.25, 0.3) is 21.5 Å². The van der Waals surface area contributed by atoms with Crippen LogP contribution in [0.4, 0.5) is 28.4 Å². The Hall–Kier alpha value is -4.85. The molecule has 0 aliphatic rings. The maximum absolute atomic E-state index is 12.0. The molecule has 18 heteroatoms. The van der Waals surface area contributed by atoms with Gasteiger partial charge in [0, 0.05) is 27.6 Å². The molecule has 5 N–H and O–H groups in total. The molecule has 15 nitrogen and oxygen atoms in total. The molecule has 0 fully saturated rings. The molecule has 46 heavy (non-hydrogen) atoms. The minimum atomic E-state index is -4.64. The fourth-order valence-electron chi connectivity index (χ4n) is 4.54. The number of nitrogen functional groups attached to an aromatic ring is 1. The first-order valence-electron chi connectivity index (χ1n) is 12.8. The first-order valence-corrected chi connectivity index (χ1v) is 17.1. The van der Waals surface area contributed by atoms with Crippen molar-refractivity contribution in [1.29, 1.82) is 0 Å². The molecular weight excluding hydrogens is 663 g/mol. The maximum atomic E-state index is 12.0. The van der Waals surface area contributed by atoms with Gasteiger partial charge in [0.15, 0.2) is 0 Å². The van der Waals surface area contributed by atoms with Crippen molar-refractivity contribution in [2.45, 2.75) is 21.6 Å². The van der Waals surface area contributed by atoms with E-state index < -0.39 is 40.1 Å². The molecule has 0 bridgehead atoms. The zero-order valence-corrected chi connectivity index (χ0v) is 26.2. The van der Waals surface area contributed by atoms with Gasteiger partial charge in [0.25, 0.3) is 30.4 Å². The lowest BCUT2D eigenvalue weighted by atomic mass is 10.1. The van der Waals surface area contributed by atoms with Crippen LogP contribution in [0.15, 0.2) is 108 Å². The molecule has 0 unspecified atom stereocenters. The Morgan fingerprint density at radius 1 is 0.543 bits per heavy atom. The minimum Gasteiger partial charge on any atom is -0.494 e. The van der Waals surface area contributed by atoms with E-state index in [9.17, 15) is 38.9 Å². The van der Waals surface area contributed by atoms with Gasteiger partial charge in [-0.3, -0.25) is 13.7 Å². The van der Waals surface area contributed by atoms with Gasteiger partial charge in [-0.2, -0.15) is 30.4 Å². The Labute approximate surface area is 262 Å². The van der Waals surface area contributed by atoms with Crippen molar-refractivity contribution in [3.63, 3.8) is 0 Å². The summed E-state index contributed by atoms with van der Waals surface area (Å²) in [5.74, 6) is 0.204. The van der Waals surface area contributed by atoms with E-state index in [1.807, 2.05) is 0 Å². The highest BCUT2D eigenvalue weighted by atomic mass is 32.2. The van der Waals surface area contributed by atoms with Crippen molar-refractivity contribution in [3.05, 3.63) is 78.4 Å². The SMILES string of the molecule is COc1cc(N=Nc2ccc(N=Nc3ccc(S(=O)(=O)O)cc3C)c3ccc(S(=O)(=O)O)cc23)c2cc(S(=O)(=O)O)ccc2c1N. The lowest BCUT2D eigenvalue weighted by Crippen LogP contribution is -1.99. The average molecular weight is 686 g/mol. The van der Waals surface area contributed by atoms with Crippen LogP contribution in [-0.4, -0.2) is 46.0 Å². The van der Waals surface area contributed by atoms with Crippen molar-refractivity contribution in [1.82, 2.24) is 0 Å². The summed E-state index contributed by atoms with van der Waals surface area (Å²) in [5.41, 5.74) is 7.48. The first-order chi connectivity index (χ1) is 21.5. The van der Waals surface area contributed by atoms with Gasteiger partial charge in [-0.25, -0.2) is 0 Å². The number of methoxy groups -OCH3 is 1. The summed E-state index contributed by atoms with van der Waals surface area (Å²) in [4.78, 5) is -1.18. The van der Waals surface area contributed by atoms with E-state index in [4.69, 9.17) is 10.5 Å². The number of ether oxygens (including phenoxy) is 1. The maximum Gasteiger partial charge on any atom is 0.294 e. The van der Waals surface area contributed by atoms with Crippen molar-refractivity contribution in [2.75, 3.05) is 12.8 Å². The van der Waals surface area contributed by atoms with Gasteiger partial charge >= 0.3 is 0 Å². The molecule has 0 radical (unpaired) electrons. The number of nitrogens with two attached hydrogens (primary N) is 1. The number of aryl methyl sites for hydroxylation is 1. The third-order valence-corrected chi connectivity index (χ3v) is 9.39. The summed E-state index contributed by atoms with van der Waals surface area (Å²) in [6, 6.07) is 15.5. The monoisotopic (exact) mass is 685 g/mol. The number of hydrogen-bond acceptors (Lipinski definition) is 12. The molecule has 5 aromatic carbocycles. The van der Waals surface area contributed by atoms with Gasteiger partial charge < -0.3 is 10.5 Å². The molecule has 0 spiro atoms. The second-order valence-corrected chi connectivity index (χ2v) is 14.1. The van der Waals surface area contributed by atoms with Crippen molar-refractivity contribution < 1.29 is 43.6 Å². The summed E-state index contributed by atoms with van der Waals surface area (Å²) < 4.78 is 104. The van der Waals surface area contributed by atoms with E-state index in [-0.39, 0.29) is 49.9 Å². The zero-order valence-electron chi connectivity index (χ0n) is 23.7. The number of benzene rings is 5. The van der Waals surface area contributed by atoms with Gasteiger partial charge in [-0.1, -0.05) is 12.1 Å². The number of nitrogens with zero attached hydrogens (tertiary/aromatic N) is 4. The molecule has 5 aromatic rings. The number of fused-ring (bicyclic) bond motifs is 2. The summed E-state index contributed by atoms with van der Waals surface area (Å²) in [6.45, 7) is 1.57. The fourth-order valence-corrected chi connectivity index (χ4v) is 6.12. The average Bonchev–Trinajstić information content (AvgIpc) is 2.98. The largest absolute Gasteiger partial charge is 0.494 e. The van der Waals surface area contributed by atoms with E-state index in [1.54, 1.807) is 6.92 Å². The normalized spacial score (nSPS) is 12.9. The molecule has 0 heterocycles. The van der Waals surface area contributed by atoms with Gasteiger partial charge in [0.1, 0.15) is 5.75 Å². The van der Waals surface area contributed by atoms with E-state index >= 15 is 0 Å². The highest BCUT2D eigenvalue weighted by molar-refractivity contribution is 7.86. The Bertz CT molecular complexity index is 2460. The molecule has 0 aliphatic carbocycles. The Morgan fingerprint density at radius 3 is 1.48 bits per heavy atom. The second-order valence-electron chi connectivity index (χ2n) is 9.80. The molecule has 5 rings (SSSR count). The third kappa shape index (κ3) is 6.57. The van der Waals surface area contributed by atoms with E-state index in [2.05, 4.69) is 20.5 Å². The zero-order chi connectivity index (χ0) is 33.6. The smallest absolute Gasteiger partial charge is 0.294 e. The molecular formula is C28H23N5O10S3. The van der Waals surface area contributed by atoms with E-state index in [0.29, 0.717) is 16.3 Å². The number of rotatable bonds is 8. The lowest BCUT2D eigenvalue weighted by molar-refractivity contribution is 0.417. The van der Waals surface area contributed by atoms with Crippen LogP contribution in [0.2, 0.25) is 0 Å². The molecule has 0 atom stereocenters. The molecule has 0 saturated heterocycles. The summed E-state index contributed by atoms with van der Waals surface area (Å²) in [7, 11) is -12.3. The van der Waals surface area contributed by atoms with Gasteiger partial charge in [0.05, 0.1) is 50.2 Å². The van der Waals surface area contributed by atoms with Crippen molar-refractivity contribution in [2.24, 2.45) is 20.5 Å². The van der Waals surface area contributed by atoms with Crippen LogP contribution >= 0.6 is 0 Å². The van der Waals surface area contributed by atoms with Crippen LogP contribution in [0.5, 0.6) is 5.75 Å². The predicted octanol–water partition coefficient (Wildman–Crippen LogP) is 6.46. The quantitative estimate of drug-likeness (QED) is 0.0783. The Balaban J connectivity index is 1.66. The Kier molecular flexibility index (Phi) is 8.36. The predicted molar refractivity (Wildman–Crippen MR) is 168 cm³/mol. The van der Waals surface area contributed by atoms with Crippen LogP contribution in [0.3, 0.4) is 0 Å². The van der Waals surface area contributed by atoms with Gasteiger partial charge in [-0.05, 0) is 67.1 Å². The van der Waals surface area contributed by atoms with Crippen LogP contribution < -0.4 is 10.5 Å². The van der Waals surface area contributed by atoms with Crippen molar-refractivity contribution in [3.8, 4) is 5.75 Å². The topological polar surface area (TPSA) is 248 Å². The van der Waals surface area contributed by atoms with Crippen LogP contribution in [-0.2, 0) is 30.4 Å². The number of anilines is 1. The van der Waals surface area contributed by atoms with Crippen LogP contribution in [0.1, 0.15) is 5.56 Å². The minimum absolute atomic E-state index is 0.0956. The molecule has 0 saturated carbocycles. The van der Waals surface area contributed by atoms with Gasteiger partial charge in [-0.15, -0.1) is 15.3 Å². The highest BCUT2D eigenvalue weighted by Gasteiger charge is 2.18. The number of azo groups is 2. The van der Waals surface area contributed by atoms with Crippen molar-refractivity contribution >= 4 is 80.3 Å². The standard InChI is InChI=1S/C28H23N5O10S3/c1-15-11-16(44(34,35)36)5-8-23(15)30-31-24-9-10-25(21-12-17(45(37,38)39)3-6-19(21)24)32-33-26-14-27(43-2)28(29)20-7-4-18(13-22(20)26)46(40,41)42/h3-14H,29H2,1-2H3,(H,34,35,36)(H,37,38,39)(H,40,41,42). The Morgan fingerprint density at radius 2 is 0.957 bits per heavy atom. The van der Waals surface area contributed by atoms with Crippen LogP contribution in [0, 0.1) is 6.92 Å². The second kappa shape index (κ2) is 11.8. The summed E-state index contributed by atoms with van der Waals surface area (Å²) in [5, 5.41) is 18.0. The third-order valence-electron chi connectivity index (χ3n) is 6.85. The molecule has 238 valence electrons. The number of hydrogen-bond donors (Lipinski definition) is 4. The fraction of sp³-hybridized carbons (Fsp3) is 0.0714. The highest BCUT2D eigenvalue weighted by Crippen LogP contribution is 2.41. The lowest BCUT2D eigenvalue weighted by Gasteiger charge is -2.11. The molecule has 0 aromatic heterocycles. The van der Waals surface area contributed by atoms with E-state index in [1.165, 1.54) is 49.6 Å². The molecule has 0 aliphatic heterocycles. The van der Waals surface area contributed by atoms with Gasteiger partial charge in [0.2, 0.25) is 0 Å².